The summed E-state index contributed by atoms with van der Waals surface area (Å²) in [5, 5.41) is 0.644. The van der Waals surface area contributed by atoms with Crippen LogP contribution >= 0.6 is 0 Å². The van der Waals surface area contributed by atoms with E-state index in [1.807, 2.05) is 25.1 Å². The lowest BCUT2D eigenvalue weighted by molar-refractivity contribution is 0.0602. The van der Waals surface area contributed by atoms with Crippen molar-refractivity contribution in [3.8, 4) is 17.1 Å². The molecule has 7 nitrogen and oxygen atoms in total. The van der Waals surface area contributed by atoms with Crippen molar-refractivity contribution in [2.45, 2.75) is 6.92 Å². The maximum absolute atomic E-state index is 11.9. The van der Waals surface area contributed by atoms with E-state index >= 15 is 0 Å². The van der Waals surface area contributed by atoms with Gasteiger partial charge in [-0.3, -0.25) is 0 Å². The number of aromatic nitrogens is 3. The largest absolute Gasteiger partial charge is 0.477 e. The lowest BCUT2D eigenvalue weighted by atomic mass is 10.1. The van der Waals surface area contributed by atoms with E-state index in [1.54, 1.807) is 6.20 Å². The van der Waals surface area contributed by atoms with E-state index in [-0.39, 0.29) is 0 Å². The minimum Gasteiger partial charge on any atom is -0.477 e. The molecule has 0 saturated heterocycles. The molecule has 118 valence electrons. The third-order valence-electron chi connectivity index (χ3n) is 3.44. The molecule has 0 aromatic carbocycles. The molecule has 0 spiro atoms. The van der Waals surface area contributed by atoms with Crippen LogP contribution < -0.4 is 10.5 Å². The zero-order chi connectivity index (χ0) is 16.4. The highest BCUT2D eigenvalue weighted by molar-refractivity contribution is 6.07. The van der Waals surface area contributed by atoms with Gasteiger partial charge in [0.2, 0.25) is 5.88 Å². The van der Waals surface area contributed by atoms with Gasteiger partial charge in [-0.15, -0.1) is 0 Å². The maximum atomic E-state index is 11.9. The number of aromatic amines is 1. The first-order chi connectivity index (χ1) is 11.2. The number of hydrogen-bond acceptors (Lipinski definition) is 6. The number of rotatable bonds is 4. The molecule has 7 heteroatoms. The molecule has 0 aliphatic carbocycles. The minimum atomic E-state index is -0.468. The van der Waals surface area contributed by atoms with Crippen molar-refractivity contribution >= 4 is 22.7 Å². The van der Waals surface area contributed by atoms with Crippen molar-refractivity contribution < 1.29 is 14.3 Å². The van der Waals surface area contributed by atoms with Crippen LogP contribution in [0.4, 0.5) is 5.82 Å². The molecule has 0 aliphatic rings. The average Bonchev–Trinajstić information content (AvgIpc) is 3.01. The third-order valence-corrected chi connectivity index (χ3v) is 3.44. The maximum Gasteiger partial charge on any atom is 0.340 e. The summed E-state index contributed by atoms with van der Waals surface area (Å²) in [5.74, 6) is 0.345. The number of H-pyrrole nitrogens is 1. The Bertz CT molecular complexity index is 873. The monoisotopic (exact) mass is 312 g/mol. The average molecular weight is 312 g/mol. The Labute approximate surface area is 132 Å². The SMILES string of the molecule is CCOc1ncccc1-c1cc2c(C(=O)OC)cnc(N)c2[nH]1. The molecule has 0 radical (unpaired) electrons. The van der Waals surface area contributed by atoms with Crippen molar-refractivity contribution in [2.24, 2.45) is 0 Å². The highest BCUT2D eigenvalue weighted by Crippen LogP contribution is 2.32. The van der Waals surface area contributed by atoms with Crippen molar-refractivity contribution in [1.82, 2.24) is 15.0 Å². The number of fused-ring (bicyclic) bond motifs is 1. The number of methoxy groups -OCH3 is 1. The number of carbonyl (C=O) groups is 1. The molecule has 0 unspecified atom stereocenters. The van der Waals surface area contributed by atoms with Crippen molar-refractivity contribution in [2.75, 3.05) is 19.5 Å². The van der Waals surface area contributed by atoms with Crippen molar-refractivity contribution in [3.63, 3.8) is 0 Å². The van der Waals surface area contributed by atoms with Crippen LogP contribution in [0.1, 0.15) is 17.3 Å². The smallest absolute Gasteiger partial charge is 0.340 e. The van der Waals surface area contributed by atoms with Crippen LogP contribution in [0.15, 0.2) is 30.6 Å². The third kappa shape index (κ3) is 2.57. The highest BCUT2D eigenvalue weighted by Gasteiger charge is 2.18. The standard InChI is InChI=1S/C16H16N4O3/c1-3-23-15-9(5-4-6-18-15)12-7-10-11(16(21)22-2)8-19-14(17)13(10)20-12/h4-8,20H,3H2,1-2H3,(H2,17,19). The summed E-state index contributed by atoms with van der Waals surface area (Å²) in [4.78, 5) is 23.4. The van der Waals surface area contributed by atoms with Gasteiger partial charge in [0, 0.05) is 17.8 Å². The lowest BCUT2D eigenvalue weighted by Gasteiger charge is -2.06. The van der Waals surface area contributed by atoms with Gasteiger partial charge in [-0.05, 0) is 25.1 Å². The molecule has 3 aromatic rings. The second-order valence-electron chi connectivity index (χ2n) is 4.81. The Kier molecular flexibility index (Phi) is 3.84. The topological polar surface area (TPSA) is 103 Å². The first-order valence-electron chi connectivity index (χ1n) is 7.09. The fourth-order valence-electron chi connectivity index (χ4n) is 2.40. The Hall–Kier alpha value is -3.09. The van der Waals surface area contributed by atoms with Crippen molar-refractivity contribution in [3.05, 3.63) is 36.2 Å². The van der Waals surface area contributed by atoms with Crippen molar-refractivity contribution in [1.29, 1.82) is 0 Å². The van der Waals surface area contributed by atoms with Crippen LogP contribution in [0.25, 0.3) is 22.2 Å². The van der Waals surface area contributed by atoms with Crippen LogP contribution in [0.3, 0.4) is 0 Å². The minimum absolute atomic E-state index is 0.306. The second-order valence-corrected chi connectivity index (χ2v) is 4.81. The number of ether oxygens (including phenoxy) is 2. The van der Waals surface area contributed by atoms with E-state index in [1.165, 1.54) is 13.3 Å². The van der Waals surface area contributed by atoms with E-state index in [0.717, 1.165) is 11.3 Å². The van der Waals surface area contributed by atoms with Gasteiger partial charge in [0.25, 0.3) is 0 Å². The molecule has 0 aliphatic heterocycles. The van der Waals surface area contributed by atoms with Gasteiger partial charge in [-0.2, -0.15) is 0 Å². The molecule has 3 aromatic heterocycles. The molecule has 0 amide bonds. The number of nitrogens with one attached hydrogen (secondary N) is 1. The number of pyridine rings is 2. The molecule has 0 bridgehead atoms. The van der Waals surface area contributed by atoms with Gasteiger partial charge in [-0.1, -0.05) is 0 Å². The number of nitrogens with zero attached hydrogens (tertiary/aromatic N) is 2. The van der Waals surface area contributed by atoms with Crippen LogP contribution in [0, 0.1) is 0 Å². The molecular weight excluding hydrogens is 296 g/mol. The molecule has 0 atom stereocenters. The van der Waals surface area contributed by atoms with E-state index in [2.05, 4.69) is 15.0 Å². The quantitative estimate of drug-likeness (QED) is 0.717. The lowest BCUT2D eigenvalue weighted by Crippen LogP contribution is -2.03. The van der Waals surface area contributed by atoms with Crippen LogP contribution in [0.5, 0.6) is 5.88 Å². The van der Waals surface area contributed by atoms with E-state index in [0.29, 0.717) is 34.8 Å². The molecule has 0 fully saturated rings. The number of nitrogen functional groups attached to an aromatic ring is 1. The van der Waals surface area contributed by atoms with Gasteiger partial charge in [0.15, 0.2) is 0 Å². The fraction of sp³-hybridized carbons (Fsp3) is 0.188. The number of esters is 1. The number of nitrogens with two attached hydrogens (primary N) is 1. The van der Waals surface area contributed by atoms with Crippen LogP contribution in [-0.2, 0) is 4.74 Å². The Morgan fingerprint density at radius 2 is 2.22 bits per heavy atom. The Balaban J connectivity index is 2.21. The Morgan fingerprint density at radius 1 is 1.39 bits per heavy atom. The molecule has 0 saturated carbocycles. The van der Waals surface area contributed by atoms with Gasteiger partial charge in [-0.25, -0.2) is 14.8 Å². The van der Waals surface area contributed by atoms with E-state index in [4.69, 9.17) is 15.2 Å². The number of hydrogen-bond donors (Lipinski definition) is 2. The molecule has 3 N–H and O–H groups in total. The molecular formula is C16H16N4O3. The van der Waals surface area contributed by atoms with Gasteiger partial charge in [0.1, 0.15) is 5.82 Å². The first kappa shape index (κ1) is 14.8. The summed E-state index contributed by atoms with van der Waals surface area (Å²) in [6.07, 6.45) is 3.07. The molecule has 23 heavy (non-hydrogen) atoms. The summed E-state index contributed by atoms with van der Waals surface area (Å²) < 4.78 is 10.3. The summed E-state index contributed by atoms with van der Waals surface area (Å²) >= 11 is 0. The summed E-state index contributed by atoms with van der Waals surface area (Å²) in [6.45, 7) is 2.39. The van der Waals surface area contributed by atoms with E-state index in [9.17, 15) is 4.79 Å². The van der Waals surface area contributed by atoms with Gasteiger partial charge in [0.05, 0.1) is 36.1 Å². The van der Waals surface area contributed by atoms with Gasteiger partial charge < -0.3 is 20.2 Å². The fourth-order valence-corrected chi connectivity index (χ4v) is 2.40. The molecule has 3 rings (SSSR count). The number of carbonyl (C=O) groups excluding carboxylic acids is 1. The molecule has 3 heterocycles. The Morgan fingerprint density at radius 3 is 2.96 bits per heavy atom. The highest BCUT2D eigenvalue weighted by atomic mass is 16.5. The number of anilines is 1. The summed E-state index contributed by atoms with van der Waals surface area (Å²) in [6, 6.07) is 5.51. The van der Waals surface area contributed by atoms with Crippen LogP contribution in [0.2, 0.25) is 0 Å². The second kappa shape index (κ2) is 5.96. The predicted molar refractivity (Wildman–Crippen MR) is 86.2 cm³/mol. The van der Waals surface area contributed by atoms with Gasteiger partial charge >= 0.3 is 5.97 Å². The normalized spacial score (nSPS) is 10.7. The summed E-state index contributed by atoms with van der Waals surface area (Å²) in [5.41, 5.74) is 8.36. The zero-order valence-electron chi connectivity index (χ0n) is 12.8. The van der Waals surface area contributed by atoms with Crippen LogP contribution in [-0.4, -0.2) is 34.6 Å². The summed E-state index contributed by atoms with van der Waals surface area (Å²) in [7, 11) is 1.33. The zero-order valence-corrected chi connectivity index (χ0v) is 12.8. The first-order valence-corrected chi connectivity index (χ1v) is 7.09. The van der Waals surface area contributed by atoms with E-state index < -0.39 is 5.97 Å². The predicted octanol–water partition coefficient (Wildman–Crippen LogP) is 2.39.